The molecule has 3 unspecified atom stereocenters. The lowest BCUT2D eigenvalue weighted by Crippen LogP contribution is -2.39. The van der Waals surface area contributed by atoms with Crippen molar-refractivity contribution in [2.24, 2.45) is 17.3 Å². The van der Waals surface area contributed by atoms with E-state index in [-0.39, 0.29) is 12.0 Å². The van der Waals surface area contributed by atoms with Gasteiger partial charge in [-0.1, -0.05) is 13.3 Å². The Bertz CT molecular complexity index is 295. The molecule has 0 aromatic rings. The average Bonchev–Trinajstić information content (AvgIpc) is 2.92. The molecule has 0 aromatic heterocycles. The molecule has 2 bridgehead atoms. The zero-order valence-electron chi connectivity index (χ0n) is 11.6. The fourth-order valence-electron chi connectivity index (χ4n) is 4.01. The van der Waals surface area contributed by atoms with E-state index in [4.69, 9.17) is 4.74 Å². The predicted molar refractivity (Wildman–Crippen MR) is 67.9 cm³/mol. The number of ether oxygens (including phenoxy) is 1. The monoisotopic (exact) mass is 279 g/mol. The topological polar surface area (TPSA) is 21.3 Å². The minimum absolute atomic E-state index is 0.185. The van der Waals surface area contributed by atoms with E-state index < -0.39 is 12.8 Å². The van der Waals surface area contributed by atoms with Crippen LogP contribution in [-0.2, 0) is 4.74 Å². The Labute approximate surface area is 113 Å². The summed E-state index contributed by atoms with van der Waals surface area (Å²) < 4.78 is 41.0. The largest absolute Gasteiger partial charge is 0.411 e. The van der Waals surface area contributed by atoms with Gasteiger partial charge in [-0.25, -0.2) is 0 Å². The number of nitrogens with one attached hydrogen (secondary N) is 1. The summed E-state index contributed by atoms with van der Waals surface area (Å²) in [7, 11) is 0. The third-order valence-corrected chi connectivity index (χ3v) is 4.84. The SMILES string of the molecule is CCNCC1(CCOCC(F)(F)F)CC2CCC1C2. The van der Waals surface area contributed by atoms with Crippen molar-refractivity contribution in [3.8, 4) is 0 Å². The number of fused-ring (bicyclic) bond motifs is 2. The highest BCUT2D eigenvalue weighted by Crippen LogP contribution is 2.57. The lowest BCUT2D eigenvalue weighted by atomic mass is 9.71. The van der Waals surface area contributed by atoms with Crippen molar-refractivity contribution in [3.63, 3.8) is 0 Å². The molecule has 0 radical (unpaired) electrons. The Balaban J connectivity index is 1.82. The molecule has 19 heavy (non-hydrogen) atoms. The quantitative estimate of drug-likeness (QED) is 0.721. The summed E-state index contributed by atoms with van der Waals surface area (Å²) in [5.41, 5.74) is 0.185. The molecule has 112 valence electrons. The first-order valence-corrected chi connectivity index (χ1v) is 7.30. The Morgan fingerprint density at radius 3 is 2.63 bits per heavy atom. The maximum atomic E-state index is 12.1. The van der Waals surface area contributed by atoms with Gasteiger partial charge in [0.1, 0.15) is 6.61 Å². The maximum Gasteiger partial charge on any atom is 0.411 e. The van der Waals surface area contributed by atoms with E-state index in [0.717, 1.165) is 25.4 Å². The molecule has 2 aliphatic rings. The van der Waals surface area contributed by atoms with Gasteiger partial charge in [-0.05, 0) is 49.5 Å². The summed E-state index contributed by atoms with van der Waals surface area (Å²) in [5.74, 6) is 1.48. The molecule has 0 heterocycles. The van der Waals surface area contributed by atoms with Crippen molar-refractivity contribution in [2.75, 3.05) is 26.3 Å². The van der Waals surface area contributed by atoms with Crippen LogP contribution in [0.2, 0.25) is 0 Å². The first-order valence-electron chi connectivity index (χ1n) is 7.30. The highest BCUT2D eigenvalue weighted by molar-refractivity contribution is 5.01. The van der Waals surface area contributed by atoms with Crippen LogP contribution in [0.5, 0.6) is 0 Å². The highest BCUT2D eigenvalue weighted by atomic mass is 19.4. The molecule has 0 aliphatic heterocycles. The molecule has 3 atom stereocenters. The Hall–Kier alpha value is -0.290. The summed E-state index contributed by atoms with van der Waals surface area (Å²) in [4.78, 5) is 0. The van der Waals surface area contributed by atoms with Gasteiger partial charge in [-0.3, -0.25) is 0 Å². The van der Waals surface area contributed by atoms with Gasteiger partial charge in [0.05, 0.1) is 0 Å². The summed E-state index contributed by atoms with van der Waals surface area (Å²) in [5, 5.41) is 3.40. The van der Waals surface area contributed by atoms with Gasteiger partial charge in [0.25, 0.3) is 0 Å². The molecule has 2 saturated carbocycles. The van der Waals surface area contributed by atoms with Gasteiger partial charge in [0.15, 0.2) is 0 Å². The second-order valence-electron chi connectivity index (χ2n) is 6.14. The highest BCUT2D eigenvalue weighted by Gasteiger charge is 2.50. The van der Waals surface area contributed by atoms with Crippen LogP contribution in [0.4, 0.5) is 13.2 Å². The Morgan fingerprint density at radius 2 is 2.11 bits per heavy atom. The first-order chi connectivity index (χ1) is 8.95. The van der Waals surface area contributed by atoms with Crippen LogP contribution >= 0.6 is 0 Å². The van der Waals surface area contributed by atoms with E-state index in [1.165, 1.54) is 25.7 Å². The number of rotatable bonds is 7. The number of hydrogen-bond acceptors (Lipinski definition) is 2. The zero-order chi connectivity index (χ0) is 13.9. The standard InChI is InChI=1S/C14H24F3NO/c1-2-18-9-13(5-6-19-10-14(15,16)17)8-11-3-4-12(13)7-11/h11-12,18H,2-10H2,1H3. The van der Waals surface area contributed by atoms with Crippen molar-refractivity contribution in [3.05, 3.63) is 0 Å². The van der Waals surface area contributed by atoms with Crippen molar-refractivity contribution < 1.29 is 17.9 Å². The van der Waals surface area contributed by atoms with Crippen LogP contribution in [0.15, 0.2) is 0 Å². The van der Waals surface area contributed by atoms with Crippen LogP contribution in [0, 0.1) is 17.3 Å². The molecule has 5 heteroatoms. The molecule has 0 aromatic carbocycles. The Kier molecular flexibility index (Phi) is 4.77. The smallest absolute Gasteiger partial charge is 0.372 e. The number of hydrogen-bond donors (Lipinski definition) is 1. The minimum Gasteiger partial charge on any atom is -0.372 e. The van der Waals surface area contributed by atoms with Gasteiger partial charge in [0.2, 0.25) is 0 Å². The molecule has 0 saturated heterocycles. The van der Waals surface area contributed by atoms with Gasteiger partial charge in [-0.15, -0.1) is 0 Å². The molecule has 1 N–H and O–H groups in total. The lowest BCUT2D eigenvalue weighted by Gasteiger charge is -2.38. The molecular weight excluding hydrogens is 255 g/mol. The van der Waals surface area contributed by atoms with Crippen LogP contribution < -0.4 is 5.32 Å². The third-order valence-electron chi connectivity index (χ3n) is 4.84. The van der Waals surface area contributed by atoms with Gasteiger partial charge in [-0.2, -0.15) is 13.2 Å². The Morgan fingerprint density at radius 1 is 1.32 bits per heavy atom. The van der Waals surface area contributed by atoms with Crippen LogP contribution in [-0.4, -0.2) is 32.5 Å². The first kappa shape index (κ1) is 15.1. The summed E-state index contributed by atoms with van der Waals surface area (Å²) in [6, 6.07) is 0. The van der Waals surface area contributed by atoms with Crippen molar-refractivity contribution >= 4 is 0 Å². The molecule has 0 amide bonds. The van der Waals surface area contributed by atoms with Crippen molar-refractivity contribution in [2.45, 2.75) is 45.2 Å². The maximum absolute atomic E-state index is 12.1. The van der Waals surface area contributed by atoms with E-state index in [1.807, 2.05) is 0 Å². The number of alkyl halides is 3. The molecule has 2 nitrogen and oxygen atoms in total. The summed E-state index contributed by atoms with van der Waals surface area (Å²) in [6.45, 7) is 3.04. The number of halogens is 3. The van der Waals surface area contributed by atoms with Gasteiger partial charge < -0.3 is 10.1 Å². The lowest BCUT2D eigenvalue weighted by molar-refractivity contribution is -0.175. The predicted octanol–water partition coefficient (Wildman–Crippen LogP) is 3.37. The summed E-state index contributed by atoms with van der Waals surface area (Å²) in [6.07, 6.45) is 1.54. The van der Waals surface area contributed by atoms with E-state index in [2.05, 4.69) is 12.2 Å². The second kappa shape index (κ2) is 6.00. The molecule has 2 fully saturated rings. The van der Waals surface area contributed by atoms with E-state index in [0.29, 0.717) is 5.92 Å². The summed E-state index contributed by atoms with van der Waals surface area (Å²) >= 11 is 0. The van der Waals surface area contributed by atoms with Crippen LogP contribution in [0.3, 0.4) is 0 Å². The molecular formula is C14H24F3NO. The molecule has 2 rings (SSSR count). The van der Waals surface area contributed by atoms with Crippen molar-refractivity contribution in [1.82, 2.24) is 5.32 Å². The van der Waals surface area contributed by atoms with Gasteiger partial charge >= 0.3 is 6.18 Å². The molecule has 0 spiro atoms. The zero-order valence-corrected chi connectivity index (χ0v) is 11.6. The van der Waals surface area contributed by atoms with E-state index >= 15 is 0 Å². The van der Waals surface area contributed by atoms with Crippen LogP contribution in [0.25, 0.3) is 0 Å². The fraction of sp³-hybridized carbons (Fsp3) is 1.00. The van der Waals surface area contributed by atoms with E-state index in [9.17, 15) is 13.2 Å². The second-order valence-corrected chi connectivity index (χ2v) is 6.14. The molecule has 2 aliphatic carbocycles. The third kappa shape index (κ3) is 3.85. The van der Waals surface area contributed by atoms with Crippen LogP contribution in [0.1, 0.15) is 39.0 Å². The normalized spacial score (nSPS) is 34.1. The average molecular weight is 279 g/mol. The minimum atomic E-state index is -4.20. The fourth-order valence-corrected chi connectivity index (χ4v) is 4.01. The van der Waals surface area contributed by atoms with Gasteiger partial charge in [0, 0.05) is 13.2 Å². The van der Waals surface area contributed by atoms with Crippen molar-refractivity contribution in [1.29, 1.82) is 0 Å². The van der Waals surface area contributed by atoms with E-state index in [1.54, 1.807) is 0 Å².